The van der Waals surface area contributed by atoms with Gasteiger partial charge in [-0.2, -0.15) is 0 Å². The van der Waals surface area contributed by atoms with Gasteiger partial charge in [0.2, 0.25) is 5.91 Å². The van der Waals surface area contributed by atoms with E-state index in [2.05, 4.69) is 34.9 Å². The van der Waals surface area contributed by atoms with Crippen molar-refractivity contribution in [2.24, 2.45) is 0 Å². The van der Waals surface area contributed by atoms with E-state index in [4.69, 9.17) is 4.74 Å². The number of hydrogen-bond donors (Lipinski definition) is 2. The first-order valence-electron chi connectivity index (χ1n) is 6.80. The third kappa shape index (κ3) is 4.04. The number of amides is 1. The second kappa shape index (κ2) is 6.68. The zero-order chi connectivity index (χ0) is 13.7. The van der Waals surface area contributed by atoms with E-state index in [9.17, 15) is 4.79 Å². The quantitative estimate of drug-likeness (QED) is 0.728. The number of carbonyl (C=O) groups excluding carboxylic acids is 1. The van der Waals surface area contributed by atoms with Crippen molar-refractivity contribution in [3.05, 3.63) is 35.9 Å². The molecule has 104 valence electrons. The summed E-state index contributed by atoms with van der Waals surface area (Å²) in [6.45, 7) is 3.02. The summed E-state index contributed by atoms with van der Waals surface area (Å²) in [6.07, 6.45) is 1.11. The van der Waals surface area contributed by atoms with Crippen molar-refractivity contribution in [2.45, 2.75) is 31.3 Å². The maximum Gasteiger partial charge on any atom is 0.236 e. The smallest absolute Gasteiger partial charge is 0.236 e. The Bertz CT molecular complexity index is 408. The van der Waals surface area contributed by atoms with Crippen molar-refractivity contribution in [3.8, 4) is 0 Å². The molecule has 0 spiro atoms. The highest BCUT2D eigenvalue weighted by Gasteiger charge is 2.39. The standard InChI is InChI=1S/C15H22N2O2/c1-11(15(18)16-8-9-19-2)17-14-10-13(14)12-6-4-3-5-7-12/h3-7,11,13-14,17H,8-10H2,1-2H3,(H,16,18). The highest BCUT2D eigenvalue weighted by Crippen LogP contribution is 2.40. The first-order chi connectivity index (χ1) is 9.22. The molecule has 1 aliphatic carbocycles. The van der Waals surface area contributed by atoms with Crippen molar-refractivity contribution in [1.29, 1.82) is 0 Å². The van der Waals surface area contributed by atoms with Crippen LogP contribution in [-0.4, -0.2) is 38.3 Å². The van der Waals surface area contributed by atoms with Crippen molar-refractivity contribution < 1.29 is 9.53 Å². The number of rotatable bonds is 7. The summed E-state index contributed by atoms with van der Waals surface area (Å²) in [5, 5.41) is 6.22. The first-order valence-corrected chi connectivity index (χ1v) is 6.80. The van der Waals surface area contributed by atoms with Crippen LogP contribution in [0.4, 0.5) is 0 Å². The average molecular weight is 262 g/mol. The summed E-state index contributed by atoms with van der Waals surface area (Å²) in [6, 6.07) is 10.7. The highest BCUT2D eigenvalue weighted by atomic mass is 16.5. The molecule has 0 radical (unpaired) electrons. The second-order valence-electron chi connectivity index (χ2n) is 5.03. The number of carbonyl (C=O) groups is 1. The maximum absolute atomic E-state index is 11.8. The lowest BCUT2D eigenvalue weighted by atomic mass is 10.1. The van der Waals surface area contributed by atoms with Crippen LogP contribution in [0, 0.1) is 0 Å². The molecule has 0 aromatic heterocycles. The zero-order valence-electron chi connectivity index (χ0n) is 11.6. The van der Waals surface area contributed by atoms with Crippen LogP contribution in [0.15, 0.2) is 30.3 Å². The lowest BCUT2D eigenvalue weighted by Gasteiger charge is -2.14. The number of methoxy groups -OCH3 is 1. The molecule has 1 amide bonds. The summed E-state index contributed by atoms with van der Waals surface area (Å²) < 4.78 is 4.91. The largest absolute Gasteiger partial charge is 0.383 e. The van der Waals surface area contributed by atoms with E-state index in [-0.39, 0.29) is 11.9 Å². The Hall–Kier alpha value is -1.39. The molecule has 1 saturated carbocycles. The SMILES string of the molecule is COCCNC(=O)C(C)NC1CC1c1ccccc1. The van der Waals surface area contributed by atoms with Crippen LogP contribution in [0.25, 0.3) is 0 Å². The molecule has 2 N–H and O–H groups in total. The van der Waals surface area contributed by atoms with Crippen LogP contribution in [0.1, 0.15) is 24.8 Å². The fourth-order valence-corrected chi connectivity index (χ4v) is 2.27. The Kier molecular flexibility index (Phi) is 4.93. The molecule has 19 heavy (non-hydrogen) atoms. The Morgan fingerprint density at radius 2 is 2.16 bits per heavy atom. The van der Waals surface area contributed by atoms with Gasteiger partial charge in [-0.15, -0.1) is 0 Å². The second-order valence-corrected chi connectivity index (χ2v) is 5.03. The third-order valence-electron chi connectivity index (χ3n) is 3.48. The molecular formula is C15H22N2O2. The summed E-state index contributed by atoms with van der Waals surface area (Å²) in [4.78, 5) is 11.8. The van der Waals surface area contributed by atoms with Gasteiger partial charge >= 0.3 is 0 Å². The van der Waals surface area contributed by atoms with Crippen LogP contribution in [0.5, 0.6) is 0 Å². The minimum Gasteiger partial charge on any atom is -0.383 e. The molecule has 0 heterocycles. The topological polar surface area (TPSA) is 50.4 Å². The van der Waals surface area contributed by atoms with Crippen LogP contribution < -0.4 is 10.6 Å². The van der Waals surface area contributed by atoms with Crippen molar-refractivity contribution >= 4 is 5.91 Å². The Morgan fingerprint density at radius 1 is 1.42 bits per heavy atom. The molecule has 1 aromatic carbocycles. The van der Waals surface area contributed by atoms with Gasteiger partial charge in [0.25, 0.3) is 0 Å². The van der Waals surface area contributed by atoms with Gasteiger partial charge in [0.1, 0.15) is 0 Å². The Balaban J connectivity index is 1.73. The van der Waals surface area contributed by atoms with Gasteiger partial charge in [-0.05, 0) is 18.9 Å². The summed E-state index contributed by atoms with van der Waals surface area (Å²) in [7, 11) is 1.63. The van der Waals surface area contributed by atoms with Gasteiger partial charge in [-0.1, -0.05) is 30.3 Å². The van der Waals surface area contributed by atoms with Crippen molar-refractivity contribution in [2.75, 3.05) is 20.3 Å². The molecule has 1 fully saturated rings. The van der Waals surface area contributed by atoms with Crippen LogP contribution in [-0.2, 0) is 9.53 Å². The average Bonchev–Trinajstić information content (AvgIpc) is 3.19. The minimum absolute atomic E-state index is 0.0377. The van der Waals surface area contributed by atoms with Crippen molar-refractivity contribution in [3.63, 3.8) is 0 Å². The van der Waals surface area contributed by atoms with E-state index < -0.39 is 0 Å². The van der Waals surface area contributed by atoms with Gasteiger partial charge in [-0.3, -0.25) is 4.79 Å². The maximum atomic E-state index is 11.8. The van der Waals surface area contributed by atoms with Gasteiger partial charge in [0.05, 0.1) is 12.6 Å². The Labute approximate surface area is 114 Å². The molecule has 4 nitrogen and oxygen atoms in total. The van der Waals surface area contributed by atoms with E-state index >= 15 is 0 Å². The van der Waals surface area contributed by atoms with Gasteiger partial charge in [0.15, 0.2) is 0 Å². The minimum atomic E-state index is -0.157. The number of hydrogen-bond acceptors (Lipinski definition) is 3. The molecule has 0 aliphatic heterocycles. The highest BCUT2D eigenvalue weighted by molar-refractivity contribution is 5.81. The Morgan fingerprint density at radius 3 is 2.84 bits per heavy atom. The predicted octanol–water partition coefficient (Wildman–Crippen LogP) is 1.28. The fourth-order valence-electron chi connectivity index (χ4n) is 2.27. The van der Waals surface area contributed by atoms with Gasteiger partial charge < -0.3 is 15.4 Å². The molecule has 1 aromatic rings. The lowest BCUT2D eigenvalue weighted by Crippen LogP contribution is -2.44. The van der Waals surface area contributed by atoms with Crippen molar-refractivity contribution in [1.82, 2.24) is 10.6 Å². The lowest BCUT2D eigenvalue weighted by molar-refractivity contribution is -0.123. The molecule has 2 rings (SSSR count). The molecule has 0 saturated heterocycles. The fraction of sp³-hybridized carbons (Fsp3) is 0.533. The monoisotopic (exact) mass is 262 g/mol. The van der Waals surface area contributed by atoms with Gasteiger partial charge in [-0.25, -0.2) is 0 Å². The number of benzene rings is 1. The normalized spacial score (nSPS) is 22.8. The van der Waals surface area contributed by atoms with Gasteiger partial charge in [0, 0.05) is 25.6 Å². The molecule has 1 aliphatic rings. The van der Waals surface area contributed by atoms with E-state index in [1.165, 1.54) is 5.56 Å². The predicted molar refractivity (Wildman–Crippen MR) is 75.1 cm³/mol. The van der Waals surface area contributed by atoms with E-state index in [0.717, 1.165) is 6.42 Å². The van der Waals surface area contributed by atoms with E-state index in [1.807, 2.05) is 13.0 Å². The van der Waals surface area contributed by atoms with Crippen LogP contribution in [0.3, 0.4) is 0 Å². The van der Waals surface area contributed by atoms with Crippen LogP contribution in [0.2, 0.25) is 0 Å². The number of ether oxygens (including phenoxy) is 1. The molecule has 3 unspecified atom stereocenters. The van der Waals surface area contributed by atoms with Crippen LogP contribution >= 0.6 is 0 Å². The summed E-state index contributed by atoms with van der Waals surface area (Å²) in [5.41, 5.74) is 1.35. The van der Waals surface area contributed by atoms with E-state index in [0.29, 0.717) is 25.1 Å². The molecule has 4 heteroatoms. The molecule has 3 atom stereocenters. The summed E-state index contributed by atoms with van der Waals surface area (Å²) >= 11 is 0. The number of nitrogens with one attached hydrogen (secondary N) is 2. The van der Waals surface area contributed by atoms with E-state index in [1.54, 1.807) is 7.11 Å². The third-order valence-corrected chi connectivity index (χ3v) is 3.48. The molecule has 0 bridgehead atoms. The summed E-state index contributed by atoms with van der Waals surface area (Å²) in [5.74, 6) is 0.589. The molecular weight excluding hydrogens is 240 g/mol. The first kappa shape index (κ1) is 14.0. The zero-order valence-corrected chi connectivity index (χ0v) is 11.6.